The monoisotopic (exact) mass is 660 g/mol. The van der Waals surface area contributed by atoms with Crippen molar-refractivity contribution in [2.45, 2.75) is 78.2 Å². The van der Waals surface area contributed by atoms with Crippen molar-refractivity contribution in [1.29, 1.82) is 5.26 Å². The summed E-state index contributed by atoms with van der Waals surface area (Å²) in [5, 5.41) is 9.11. The summed E-state index contributed by atoms with van der Waals surface area (Å²) in [6.45, 7) is 15.8. The van der Waals surface area contributed by atoms with E-state index in [-0.39, 0.29) is 22.9 Å². The SMILES string of the molecule is CCc1cc(N2C(=S)N(c3cnc(C#N)c(C(F)(F)F)c3)C(=O)C2(C)C)ccc1OCCN1CCN(C(=O)OC(C)(C)C)[C@H](C)C1. The average Bonchev–Trinajstić information content (AvgIpc) is 3.14. The lowest BCUT2D eigenvalue weighted by Crippen LogP contribution is -2.55. The van der Waals surface area contributed by atoms with Gasteiger partial charge in [-0.25, -0.2) is 9.78 Å². The van der Waals surface area contributed by atoms with Gasteiger partial charge in [0.1, 0.15) is 29.6 Å². The molecule has 2 fully saturated rings. The summed E-state index contributed by atoms with van der Waals surface area (Å²) in [5.41, 5.74) is -2.53. The number of alkyl halides is 3. The van der Waals surface area contributed by atoms with Gasteiger partial charge < -0.3 is 19.3 Å². The second-order valence-electron chi connectivity index (χ2n) is 12.8. The number of carbonyl (C=O) groups excluding carboxylic acids is 2. The van der Waals surface area contributed by atoms with E-state index in [1.165, 1.54) is 6.07 Å². The highest BCUT2D eigenvalue weighted by atomic mass is 32.1. The molecular weight excluding hydrogens is 621 g/mol. The molecule has 46 heavy (non-hydrogen) atoms. The van der Waals surface area contributed by atoms with Crippen LogP contribution in [0.1, 0.15) is 65.3 Å². The van der Waals surface area contributed by atoms with E-state index in [9.17, 15) is 22.8 Å². The number of rotatable bonds is 7. The Hall–Kier alpha value is -3.96. The Bertz CT molecular complexity index is 1550. The van der Waals surface area contributed by atoms with Crippen LogP contribution in [0.25, 0.3) is 0 Å². The molecule has 3 heterocycles. The Kier molecular flexibility index (Phi) is 9.89. The topological polar surface area (TPSA) is 102 Å². The number of aryl methyl sites for hydroxylation is 1. The van der Waals surface area contributed by atoms with Gasteiger partial charge in [-0.3, -0.25) is 14.6 Å². The Morgan fingerprint density at radius 1 is 1.17 bits per heavy atom. The molecule has 1 aromatic heterocycles. The lowest BCUT2D eigenvalue weighted by atomic mass is 10.0. The van der Waals surface area contributed by atoms with Gasteiger partial charge in [-0.1, -0.05) is 6.92 Å². The molecular formula is C32H39F3N6O4S. The van der Waals surface area contributed by atoms with E-state index in [1.807, 2.05) is 40.7 Å². The van der Waals surface area contributed by atoms with Crippen molar-refractivity contribution in [3.8, 4) is 11.8 Å². The zero-order chi connectivity index (χ0) is 34.2. The fraction of sp³-hybridized carbons (Fsp3) is 0.531. The van der Waals surface area contributed by atoms with Gasteiger partial charge in [0.05, 0.1) is 17.4 Å². The van der Waals surface area contributed by atoms with Crippen LogP contribution in [-0.4, -0.2) is 81.9 Å². The number of pyridine rings is 1. The summed E-state index contributed by atoms with van der Waals surface area (Å²) in [5.74, 6) is 0.139. The van der Waals surface area contributed by atoms with Crippen molar-refractivity contribution in [2.24, 2.45) is 0 Å². The van der Waals surface area contributed by atoms with Gasteiger partial charge in [0.15, 0.2) is 10.8 Å². The number of nitriles is 1. The number of hydrogen-bond donors (Lipinski definition) is 0. The third kappa shape index (κ3) is 7.20. The van der Waals surface area contributed by atoms with Crippen LogP contribution in [0.3, 0.4) is 0 Å². The number of halogens is 3. The molecule has 1 aromatic carbocycles. The second-order valence-corrected chi connectivity index (χ2v) is 13.2. The molecule has 2 aromatic rings. The first-order valence-corrected chi connectivity index (χ1v) is 15.4. The normalized spacial score (nSPS) is 19.0. The van der Waals surface area contributed by atoms with Crippen LogP contribution in [0.4, 0.5) is 29.3 Å². The largest absolute Gasteiger partial charge is 0.492 e. The van der Waals surface area contributed by atoms with E-state index >= 15 is 0 Å². The summed E-state index contributed by atoms with van der Waals surface area (Å²) < 4.78 is 52.6. The maximum atomic E-state index is 13.6. The van der Waals surface area contributed by atoms with Gasteiger partial charge in [0.25, 0.3) is 5.91 Å². The Morgan fingerprint density at radius 3 is 2.46 bits per heavy atom. The number of aromatic nitrogens is 1. The highest BCUT2D eigenvalue weighted by Gasteiger charge is 2.51. The first-order valence-electron chi connectivity index (χ1n) is 15.0. The molecule has 0 radical (unpaired) electrons. The maximum absolute atomic E-state index is 13.6. The molecule has 0 spiro atoms. The zero-order valence-electron chi connectivity index (χ0n) is 27.1. The summed E-state index contributed by atoms with van der Waals surface area (Å²) >= 11 is 5.65. The smallest absolute Gasteiger partial charge is 0.419 e. The number of piperazine rings is 1. The number of carbonyl (C=O) groups is 2. The highest BCUT2D eigenvalue weighted by molar-refractivity contribution is 7.81. The van der Waals surface area contributed by atoms with Gasteiger partial charge in [-0.15, -0.1) is 0 Å². The van der Waals surface area contributed by atoms with E-state index in [0.29, 0.717) is 50.6 Å². The van der Waals surface area contributed by atoms with E-state index in [1.54, 1.807) is 35.8 Å². The fourth-order valence-corrected chi connectivity index (χ4v) is 6.09. The molecule has 0 bridgehead atoms. The molecule has 2 aliphatic heterocycles. The third-order valence-corrected chi connectivity index (χ3v) is 8.26. The van der Waals surface area contributed by atoms with Crippen molar-refractivity contribution in [3.05, 3.63) is 47.3 Å². The molecule has 1 atom stereocenters. The van der Waals surface area contributed by atoms with Crippen molar-refractivity contribution in [3.63, 3.8) is 0 Å². The number of amides is 2. The van der Waals surface area contributed by atoms with Crippen LogP contribution in [0.2, 0.25) is 0 Å². The third-order valence-electron chi connectivity index (χ3n) is 7.90. The van der Waals surface area contributed by atoms with Crippen LogP contribution in [0.15, 0.2) is 30.5 Å². The second kappa shape index (κ2) is 13.0. The standard InChI is InChI=1S/C32H39F3N6O4S/c1-8-21-15-22(9-10-26(21)44-14-13-38-11-12-39(20(2)19-38)29(43)45-30(3,4)5)41-28(46)40(27(42)31(41,6)7)23-16-24(32(33,34)35)25(17-36)37-18-23/h9-10,15-16,18,20H,8,11-14,19H2,1-7H3/t20-/m1/s1. The molecule has 10 nitrogen and oxygen atoms in total. The van der Waals surface area contributed by atoms with Gasteiger partial charge in [-0.05, 0) is 90.0 Å². The number of anilines is 2. The minimum Gasteiger partial charge on any atom is -0.492 e. The number of nitrogens with zero attached hydrogens (tertiary/aromatic N) is 6. The lowest BCUT2D eigenvalue weighted by molar-refractivity contribution is -0.138. The summed E-state index contributed by atoms with van der Waals surface area (Å²) in [4.78, 5) is 36.4. The van der Waals surface area contributed by atoms with Crippen molar-refractivity contribution in [1.82, 2.24) is 14.8 Å². The Balaban J connectivity index is 1.46. The summed E-state index contributed by atoms with van der Waals surface area (Å²) in [7, 11) is 0. The molecule has 0 unspecified atom stereocenters. The molecule has 2 saturated heterocycles. The van der Waals surface area contributed by atoms with Crippen molar-refractivity contribution in [2.75, 3.05) is 42.6 Å². The van der Waals surface area contributed by atoms with Gasteiger partial charge in [0, 0.05) is 37.9 Å². The number of benzene rings is 1. The minimum absolute atomic E-state index is 0.00926. The van der Waals surface area contributed by atoms with Crippen LogP contribution in [0.5, 0.6) is 5.75 Å². The first-order chi connectivity index (χ1) is 21.4. The van der Waals surface area contributed by atoms with E-state index in [2.05, 4.69) is 9.88 Å². The highest BCUT2D eigenvalue weighted by Crippen LogP contribution is 2.40. The van der Waals surface area contributed by atoms with E-state index in [4.69, 9.17) is 27.0 Å². The molecule has 0 N–H and O–H groups in total. The number of ether oxygens (including phenoxy) is 2. The predicted molar refractivity (Wildman–Crippen MR) is 171 cm³/mol. The van der Waals surface area contributed by atoms with Crippen LogP contribution in [0, 0.1) is 11.3 Å². The Morgan fingerprint density at radius 2 is 1.87 bits per heavy atom. The lowest BCUT2D eigenvalue weighted by Gasteiger charge is -2.40. The molecule has 248 valence electrons. The molecule has 2 amide bonds. The van der Waals surface area contributed by atoms with Crippen LogP contribution in [-0.2, 0) is 22.1 Å². The minimum atomic E-state index is -4.84. The molecule has 0 saturated carbocycles. The number of hydrogen-bond acceptors (Lipinski definition) is 8. The van der Waals surface area contributed by atoms with Crippen LogP contribution < -0.4 is 14.5 Å². The summed E-state index contributed by atoms with van der Waals surface area (Å²) in [6, 6.07) is 7.59. The molecule has 4 rings (SSSR count). The zero-order valence-corrected chi connectivity index (χ0v) is 27.9. The predicted octanol–water partition coefficient (Wildman–Crippen LogP) is 5.77. The Labute approximate surface area is 272 Å². The van der Waals surface area contributed by atoms with E-state index < -0.39 is 34.5 Å². The van der Waals surface area contributed by atoms with Crippen LogP contribution >= 0.6 is 12.2 Å². The van der Waals surface area contributed by atoms with Gasteiger partial charge in [0.2, 0.25) is 0 Å². The van der Waals surface area contributed by atoms with Crippen molar-refractivity contribution < 1.29 is 32.2 Å². The average molecular weight is 661 g/mol. The fourth-order valence-electron chi connectivity index (χ4n) is 5.57. The van der Waals surface area contributed by atoms with Crippen molar-refractivity contribution >= 4 is 40.7 Å². The molecule has 0 aliphatic carbocycles. The molecule has 2 aliphatic rings. The summed E-state index contributed by atoms with van der Waals surface area (Å²) in [6.07, 6.45) is -3.49. The number of thiocarbonyl (C=S) groups is 1. The van der Waals surface area contributed by atoms with Gasteiger partial charge in [-0.2, -0.15) is 18.4 Å². The van der Waals surface area contributed by atoms with Gasteiger partial charge >= 0.3 is 12.3 Å². The quantitative estimate of drug-likeness (QED) is 0.343. The maximum Gasteiger partial charge on any atom is 0.419 e. The van der Waals surface area contributed by atoms with E-state index in [0.717, 1.165) is 22.7 Å². The first kappa shape index (κ1) is 34.9. The molecule has 14 heteroatoms.